The Morgan fingerprint density at radius 3 is 2.49 bits per heavy atom. The number of carboxylic acids is 1. The number of carbonyl (C=O) groups is 2. The first kappa shape index (κ1) is 30.3. The van der Waals surface area contributed by atoms with Gasteiger partial charge in [0.15, 0.2) is 0 Å². The second kappa shape index (κ2) is 15.3. The Bertz CT molecular complexity index is 1240. The molecule has 3 rings (SSSR count). The van der Waals surface area contributed by atoms with Gasteiger partial charge in [0.05, 0.1) is 19.8 Å². The van der Waals surface area contributed by atoms with Crippen LogP contribution in [0.3, 0.4) is 0 Å². The van der Waals surface area contributed by atoms with Crippen LogP contribution < -0.4 is 10.1 Å². The number of nitrogens with one attached hydrogen (secondary N) is 1. The van der Waals surface area contributed by atoms with E-state index in [-0.39, 0.29) is 6.10 Å². The summed E-state index contributed by atoms with van der Waals surface area (Å²) in [4.78, 5) is 25.1. The molecule has 0 saturated carbocycles. The van der Waals surface area contributed by atoms with Gasteiger partial charge >= 0.3 is 5.97 Å². The van der Waals surface area contributed by atoms with Crippen LogP contribution in [-0.4, -0.2) is 42.1 Å². The van der Waals surface area contributed by atoms with Crippen molar-refractivity contribution in [1.82, 2.24) is 5.32 Å². The summed E-state index contributed by atoms with van der Waals surface area (Å²) in [5.74, 6) is 0.0129. The summed E-state index contributed by atoms with van der Waals surface area (Å²) in [6, 6.07) is 20.6. The predicted octanol–water partition coefficient (Wildman–Crippen LogP) is 7.05. The molecule has 0 fully saturated rings. The van der Waals surface area contributed by atoms with Gasteiger partial charge in [-0.15, -0.1) is 0 Å². The predicted molar refractivity (Wildman–Crippen MR) is 159 cm³/mol. The molecule has 208 valence electrons. The van der Waals surface area contributed by atoms with E-state index in [0.29, 0.717) is 24.3 Å². The van der Waals surface area contributed by atoms with Gasteiger partial charge < -0.3 is 19.9 Å². The molecule has 0 spiro atoms. The zero-order valence-corrected chi connectivity index (χ0v) is 24.1. The number of amides is 1. The van der Waals surface area contributed by atoms with Gasteiger partial charge in [0, 0.05) is 5.56 Å². The van der Waals surface area contributed by atoms with E-state index in [1.807, 2.05) is 67.8 Å². The largest absolute Gasteiger partial charge is 0.497 e. The maximum Gasteiger partial charge on any atom is 0.326 e. The van der Waals surface area contributed by atoms with Crippen molar-refractivity contribution < 1.29 is 24.2 Å². The van der Waals surface area contributed by atoms with Gasteiger partial charge in [-0.05, 0) is 83.9 Å². The second-order valence-electron chi connectivity index (χ2n) is 9.56. The van der Waals surface area contributed by atoms with Crippen molar-refractivity contribution in [2.24, 2.45) is 0 Å². The van der Waals surface area contributed by atoms with Gasteiger partial charge in [-0.3, -0.25) is 4.79 Å². The summed E-state index contributed by atoms with van der Waals surface area (Å²) < 4.78 is 11.9. The lowest BCUT2D eigenvalue weighted by atomic mass is 9.93. The Hall–Kier alpha value is -3.29. The quantitative estimate of drug-likeness (QED) is 0.211. The molecule has 3 aromatic rings. The van der Waals surface area contributed by atoms with Crippen molar-refractivity contribution in [3.05, 3.63) is 89.0 Å². The maximum absolute atomic E-state index is 13.3. The van der Waals surface area contributed by atoms with Crippen molar-refractivity contribution in [3.63, 3.8) is 0 Å². The van der Waals surface area contributed by atoms with Crippen LogP contribution in [0.4, 0.5) is 0 Å². The van der Waals surface area contributed by atoms with E-state index >= 15 is 0 Å². The minimum absolute atomic E-state index is 0.0855. The molecule has 1 unspecified atom stereocenters. The molecule has 0 saturated heterocycles. The molecule has 2 N–H and O–H groups in total. The Balaban J connectivity index is 1.91. The molecule has 0 bridgehead atoms. The van der Waals surface area contributed by atoms with Crippen molar-refractivity contribution in [2.75, 3.05) is 19.1 Å². The van der Waals surface area contributed by atoms with Crippen molar-refractivity contribution in [3.8, 4) is 16.9 Å². The minimum Gasteiger partial charge on any atom is -0.497 e. The average Bonchev–Trinajstić information content (AvgIpc) is 2.95. The van der Waals surface area contributed by atoms with Crippen LogP contribution in [0.5, 0.6) is 5.75 Å². The molecule has 0 aromatic heterocycles. The number of unbranched alkanes of at least 4 members (excludes halogenated alkanes) is 1. The fourth-order valence-corrected chi connectivity index (χ4v) is 4.95. The fourth-order valence-electron chi connectivity index (χ4n) is 4.48. The zero-order chi connectivity index (χ0) is 28.2. The van der Waals surface area contributed by atoms with Crippen LogP contribution in [0.1, 0.15) is 65.8 Å². The van der Waals surface area contributed by atoms with Crippen LogP contribution in [-0.2, 0) is 16.1 Å². The van der Waals surface area contributed by atoms with Gasteiger partial charge in [-0.25, -0.2) is 4.79 Å². The fraction of sp³-hybridized carbons (Fsp3) is 0.375. The third kappa shape index (κ3) is 8.60. The molecular weight excluding hydrogens is 510 g/mol. The number of methoxy groups -OCH3 is 1. The molecular formula is C32H39NO5S. The highest BCUT2D eigenvalue weighted by molar-refractivity contribution is 7.98. The lowest BCUT2D eigenvalue weighted by molar-refractivity contribution is -0.139. The molecule has 0 aliphatic heterocycles. The lowest BCUT2D eigenvalue weighted by Gasteiger charge is -2.20. The van der Waals surface area contributed by atoms with Crippen LogP contribution in [0.25, 0.3) is 11.1 Å². The van der Waals surface area contributed by atoms with Crippen LogP contribution in [0.15, 0.2) is 66.7 Å². The topological polar surface area (TPSA) is 84.9 Å². The first-order valence-corrected chi connectivity index (χ1v) is 14.7. The van der Waals surface area contributed by atoms with E-state index in [9.17, 15) is 14.7 Å². The Morgan fingerprint density at radius 2 is 1.79 bits per heavy atom. The molecule has 6 nitrogen and oxygen atoms in total. The molecule has 2 atom stereocenters. The zero-order valence-electron chi connectivity index (χ0n) is 23.2. The first-order valence-electron chi connectivity index (χ1n) is 13.3. The van der Waals surface area contributed by atoms with Gasteiger partial charge in [-0.1, -0.05) is 62.2 Å². The number of rotatable bonds is 15. The number of carbonyl (C=O) groups excluding carboxylic acids is 1. The summed E-state index contributed by atoms with van der Waals surface area (Å²) in [6.45, 7) is 4.54. The van der Waals surface area contributed by atoms with Gasteiger partial charge in [0.1, 0.15) is 11.8 Å². The Kier molecular flexibility index (Phi) is 11.9. The van der Waals surface area contributed by atoms with Gasteiger partial charge in [0.25, 0.3) is 5.91 Å². The van der Waals surface area contributed by atoms with Gasteiger partial charge in [-0.2, -0.15) is 11.8 Å². The van der Waals surface area contributed by atoms with E-state index in [2.05, 4.69) is 18.3 Å². The van der Waals surface area contributed by atoms with E-state index < -0.39 is 17.9 Å². The van der Waals surface area contributed by atoms with Crippen LogP contribution >= 0.6 is 11.8 Å². The third-order valence-corrected chi connectivity index (χ3v) is 7.36. The first-order chi connectivity index (χ1) is 18.9. The summed E-state index contributed by atoms with van der Waals surface area (Å²) in [7, 11) is 1.66. The van der Waals surface area contributed by atoms with E-state index in [0.717, 1.165) is 52.8 Å². The van der Waals surface area contributed by atoms with Crippen LogP contribution in [0, 0.1) is 6.92 Å². The maximum atomic E-state index is 13.3. The summed E-state index contributed by atoms with van der Waals surface area (Å²) >= 11 is 1.55. The number of aliphatic carboxylic acids is 1. The highest BCUT2D eigenvalue weighted by atomic mass is 32.2. The summed E-state index contributed by atoms with van der Waals surface area (Å²) in [5, 5.41) is 12.4. The number of benzene rings is 3. The highest BCUT2D eigenvalue weighted by Gasteiger charge is 2.23. The minimum atomic E-state index is -1.03. The van der Waals surface area contributed by atoms with Crippen molar-refractivity contribution >= 4 is 23.6 Å². The SMILES string of the molecule is CCCCC(OCc1ccc(C(=O)N[C@@H](CCSC)C(=O)O)c(-c2ccccc2C)c1)c1cccc(OC)c1. The van der Waals surface area contributed by atoms with Crippen LogP contribution in [0.2, 0.25) is 0 Å². The number of hydrogen-bond donors (Lipinski definition) is 2. The van der Waals surface area contributed by atoms with Crippen molar-refractivity contribution in [2.45, 2.75) is 58.3 Å². The molecule has 0 heterocycles. The normalized spacial score (nSPS) is 12.5. The van der Waals surface area contributed by atoms with E-state index in [1.165, 1.54) is 0 Å². The molecule has 0 aliphatic carbocycles. The number of thioether (sulfide) groups is 1. The van der Waals surface area contributed by atoms with E-state index in [1.54, 1.807) is 24.9 Å². The highest BCUT2D eigenvalue weighted by Crippen LogP contribution is 2.31. The average molecular weight is 550 g/mol. The molecule has 7 heteroatoms. The number of ether oxygens (including phenoxy) is 2. The number of carboxylic acid groups (broad SMARTS) is 1. The van der Waals surface area contributed by atoms with Crippen molar-refractivity contribution in [1.29, 1.82) is 0 Å². The molecule has 3 aromatic carbocycles. The third-order valence-electron chi connectivity index (χ3n) is 6.71. The Morgan fingerprint density at radius 1 is 1.00 bits per heavy atom. The monoisotopic (exact) mass is 549 g/mol. The molecule has 39 heavy (non-hydrogen) atoms. The smallest absolute Gasteiger partial charge is 0.326 e. The standard InChI is InChI=1S/C32H39NO5S/c1-5-6-14-30(24-11-9-12-25(20-24)37-3)38-21-23-15-16-27(28(19-23)26-13-8-7-10-22(26)2)31(34)33-29(32(35)36)17-18-39-4/h7-13,15-16,19-20,29-30H,5-6,14,17-18,21H2,1-4H3,(H,33,34)(H,35,36)/t29-,30?/m0/s1. The van der Waals surface area contributed by atoms with E-state index in [4.69, 9.17) is 9.47 Å². The lowest BCUT2D eigenvalue weighted by Crippen LogP contribution is -2.41. The Labute approximate surface area is 236 Å². The number of hydrogen-bond acceptors (Lipinski definition) is 5. The van der Waals surface area contributed by atoms with Gasteiger partial charge in [0.2, 0.25) is 0 Å². The molecule has 0 radical (unpaired) electrons. The second-order valence-corrected chi connectivity index (χ2v) is 10.5. The number of aryl methyl sites for hydroxylation is 1. The molecule has 0 aliphatic rings. The summed E-state index contributed by atoms with van der Waals surface area (Å²) in [6.07, 6.45) is 5.19. The summed E-state index contributed by atoms with van der Waals surface area (Å²) in [5.41, 5.74) is 5.16. The molecule has 1 amide bonds.